The lowest BCUT2D eigenvalue weighted by Gasteiger charge is -2.35. The Labute approximate surface area is 68.6 Å². The Kier molecular flexibility index (Phi) is 3.30. The van der Waals surface area contributed by atoms with E-state index in [9.17, 15) is 0 Å². The zero-order valence-electron chi connectivity index (χ0n) is 7.45. The summed E-state index contributed by atoms with van der Waals surface area (Å²) in [4.78, 5) is 4.65. The second-order valence-electron chi connectivity index (χ2n) is 3.37. The SMILES string of the molecule is CC(CO)N1CCN(C)CC1. The number of aliphatic hydroxyl groups is 1. The molecule has 1 fully saturated rings. The van der Waals surface area contributed by atoms with Crippen molar-refractivity contribution in [3.05, 3.63) is 0 Å². The maximum Gasteiger partial charge on any atom is 0.0584 e. The van der Waals surface area contributed by atoms with Gasteiger partial charge in [-0.1, -0.05) is 0 Å². The summed E-state index contributed by atoms with van der Waals surface area (Å²) in [6.45, 7) is 6.81. The van der Waals surface area contributed by atoms with Gasteiger partial charge < -0.3 is 10.0 Å². The zero-order valence-corrected chi connectivity index (χ0v) is 7.45. The van der Waals surface area contributed by atoms with Crippen LogP contribution >= 0.6 is 0 Å². The van der Waals surface area contributed by atoms with Crippen LogP contribution in [0.5, 0.6) is 0 Å². The molecule has 0 saturated carbocycles. The topological polar surface area (TPSA) is 26.7 Å². The van der Waals surface area contributed by atoms with E-state index in [0.717, 1.165) is 26.2 Å². The Hall–Kier alpha value is -0.120. The lowest BCUT2D eigenvalue weighted by Crippen LogP contribution is -2.49. The summed E-state index contributed by atoms with van der Waals surface area (Å²) in [6, 6.07) is 0.337. The largest absolute Gasteiger partial charge is 0.395 e. The first-order chi connectivity index (χ1) is 5.24. The van der Waals surface area contributed by atoms with E-state index in [-0.39, 0.29) is 6.61 Å². The fraction of sp³-hybridized carbons (Fsp3) is 1.00. The zero-order chi connectivity index (χ0) is 8.27. The third-order valence-corrected chi connectivity index (χ3v) is 2.43. The molecule has 1 N–H and O–H groups in total. The Morgan fingerprint density at radius 3 is 2.27 bits per heavy atom. The van der Waals surface area contributed by atoms with E-state index in [0.29, 0.717) is 6.04 Å². The molecule has 0 aromatic carbocycles. The molecular formula is C8H18N2O. The molecular weight excluding hydrogens is 140 g/mol. The Morgan fingerprint density at radius 1 is 1.27 bits per heavy atom. The monoisotopic (exact) mass is 158 g/mol. The predicted octanol–water partition coefficient (Wildman–Crippen LogP) is -0.385. The Morgan fingerprint density at radius 2 is 1.82 bits per heavy atom. The van der Waals surface area contributed by atoms with Gasteiger partial charge >= 0.3 is 0 Å². The number of aliphatic hydroxyl groups excluding tert-OH is 1. The molecule has 1 heterocycles. The highest BCUT2D eigenvalue weighted by Crippen LogP contribution is 2.03. The lowest BCUT2D eigenvalue weighted by molar-refractivity contribution is 0.0838. The molecule has 0 amide bonds. The minimum Gasteiger partial charge on any atom is -0.395 e. The summed E-state index contributed by atoms with van der Waals surface area (Å²) in [7, 11) is 2.14. The highest BCUT2D eigenvalue weighted by molar-refractivity contribution is 4.73. The molecule has 1 aliphatic heterocycles. The summed E-state index contributed by atoms with van der Waals surface area (Å²) in [5, 5.41) is 8.90. The molecule has 1 saturated heterocycles. The van der Waals surface area contributed by atoms with E-state index in [1.165, 1.54) is 0 Å². The second-order valence-corrected chi connectivity index (χ2v) is 3.37. The highest BCUT2D eigenvalue weighted by atomic mass is 16.3. The van der Waals surface area contributed by atoms with Crippen molar-refractivity contribution in [3.63, 3.8) is 0 Å². The van der Waals surface area contributed by atoms with E-state index < -0.39 is 0 Å². The van der Waals surface area contributed by atoms with Crippen molar-refractivity contribution in [2.75, 3.05) is 39.8 Å². The minimum absolute atomic E-state index is 0.281. The van der Waals surface area contributed by atoms with E-state index in [4.69, 9.17) is 5.11 Å². The van der Waals surface area contributed by atoms with E-state index in [1.807, 2.05) is 0 Å². The molecule has 0 aromatic heterocycles. The van der Waals surface area contributed by atoms with Gasteiger partial charge in [-0.2, -0.15) is 0 Å². The van der Waals surface area contributed by atoms with Gasteiger partial charge in [0.1, 0.15) is 0 Å². The maximum absolute atomic E-state index is 8.90. The maximum atomic E-state index is 8.90. The van der Waals surface area contributed by atoms with Crippen LogP contribution in [0, 0.1) is 0 Å². The molecule has 1 unspecified atom stereocenters. The van der Waals surface area contributed by atoms with Crippen LogP contribution < -0.4 is 0 Å². The molecule has 0 spiro atoms. The van der Waals surface area contributed by atoms with Crippen molar-refractivity contribution in [3.8, 4) is 0 Å². The normalized spacial score (nSPS) is 25.4. The molecule has 1 aliphatic rings. The summed E-state index contributed by atoms with van der Waals surface area (Å²) in [5.74, 6) is 0. The summed E-state index contributed by atoms with van der Waals surface area (Å²) >= 11 is 0. The van der Waals surface area contributed by atoms with E-state index >= 15 is 0 Å². The van der Waals surface area contributed by atoms with E-state index in [2.05, 4.69) is 23.8 Å². The van der Waals surface area contributed by atoms with Gasteiger partial charge in [-0.15, -0.1) is 0 Å². The van der Waals surface area contributed by atoms with Crippen LogP contribution in [0.1, 0.15) is 6.92 Å². The first kappa shape index (κ1) is 8.97. The van der Waals surface area contributed by atoms with Gasteiger partial charge in [0.05, 0.1) is 6.61 Å². The molecule has 0 aromatic rings. The standard InChI is InChI=1S/C8H18N2O/c1-8(7-11)10-5-3-9(2)4-6-10/h8,11H,3-7H2,1-2H3. The second kappa shape index (κ2) is 4.04. The third kappa shape index (κ3) is 2.43. The first-order valence-electron chi connectivity index (χ1n) is 4.27. The van der Waals surface area contributed by atoms with E-state index in [1.54, 1.807) is 0 Å². The lowest BCUT2D eigenvalue weighted by atomic mass is 10.2. The summed E-state index contributed by atoms with van der Waals surface area (Å²) in [6.07, 6.45) is 0. The van der Waals surface area contributed by atoms with Crippen molar-refractivity contribution in [2.24, 2.45) is 0 Å². The van der Waals surface area contributed by atoms with Gasteiger partial charge in [0.25, 0.3) is 0 Å². The van der Waals surface area contributed by atoms with Crippen molar-refractivity contribution in [1.29, 1.82) is 0 Å². The van der Waals surface area contributed by atoms with Gasteiger partial charge in [-0.25, -0.2) is 0 Å². The Balaban J connectivity index is 2.27. The van der Waals surface area contributed by atoms with Crippen LogP contribution in [0.2, 0.25) is 0 Å². The molecule has 0 aliphatic carbocycles. The molecule has 3 heteroatoms. The summed E-state index contributed by atoms with van der Waals surface area (Å²) in [5.41, 5.74) is 0. The number of likely N-dealkylation sites (N-methyl/N-ethyl adjacent to an activating group) is 1. The van der Waals surface area contributed by atoms with Gasteiger partial charge in [-0.05, 0) is 14.0 Å². The number of rotatable bonds is 2. The number of hydrogen-bond acceptors (Lipinski definition) is 3. The number of piperazine rings is 1. The average Bonchev–Trinajstić information content (AvgIpc) is 2.05. The molecule has 0 radical (unpaired) electrons. The van der Waals surface area contributed by atoms with Crippen molar-refractivity contribution >= 4 is 0 Å². The van der Waals surface area contributed by atoms with Crippen LogP contribution in [-0.2, 0) is 0 Å². The van der Waals surface area contributed by atoms with Crippen LogP contribution in [0.15, 0.2) is 0 Å². The summed E-state index contributed by atoms with van der Waals surface area (Å²) < 4.78 is 0. The quantitative estimate of drug-likeness (QED) is 0.593. The van der Waals surface area contributed by atoms with Gasteiger partial charge in [0.2, 0.25) is 0 Å². The number of hydrogen-bond donors (Lipinski definition) is 1. The number of nitrogens with zero attached hydrogens (tertiary/aromatic N) is 2. The Bertz CT molecular complexity index is 111. The van der Waals surface area contributed by atoms with Crippen LogP contribution in [0.4, 0.5) is 0 Å². The third-order valence-electron chi connectivity index (χ3n) is 2.43. The smallest absolute Gasteiger partial charge is 0.0584 e. The first-order valence-corrected chi connectivity index (χ1v) is 4.27. The molecule has 0 bridgehead atoms. The van der Waals surface area contributed by atoms with Crippen molar-refractivity contribution < 1.29 is 5.11 Å². The van der Waals surface area contributed by atoms with Crippen molar-refractivity contribution in [1.82, 2.24) is 9.80 Å². The van der Waals surface area contributed by atoms with Crippen LogP contribution in [0.25, 0.3) is 0 Å². The predicted molar refractivity (Wildman–Crippen MR) is 45.6 cm³/mol. The fourth-order valence-corrected chi connectivity index (χ4v) is 1.38. The average molecular weight is 158 g/mol. The van der Waals surface area contributed by atoms with Gasteiger partial charge in [0, 0.05) is 32.2 Å². The minimum atomic E-state index is 0.281. The molecule has 3 nitrogen and oxygen atoms in total. The van der Waals surface area contributed by atoms with Gasteiger partial charge in [0.15, 0.2) is 0 Å². The molecule has 1 rings (SSSR count). The molecule has 11 heavy (non-hydrogen) atoms. The van der Waals surface area contributed by atoms with Crippen LogP contribution in [0.3, 0.4) is 0 Å². The van der Waals surface area contributed by atoms with Crippen LogP contribution in [-0.4, -0.2) is 60.8 Å². The molecule has 66 valence electrons. The van der Waals surface area contributed by atoms with Crippen molar-refractivity contribution in [2.45, 2.75) is 13.0 Å². The molecule has 1 atom stereocenters. The fourth-order valence-electron chi connectivity index (χ4n) is 1.38. The van der Waals surface area contributed by atoms with Gasteiger partial charge in [-0.3, -0.25) is 4.90 Å². The highest BCUT2D eigenvalue weighted by Gasteiger charge is 2.17.